The molecule has 0 unspecified atom stereocenters. The fraction of sp³-hybridized carbons (Fsp3) is 0.278. The summed E-state index contributed by atoms with van der Waals surface area (Å²) in [6, 6.07) is 13.8. The maximum atomic E-state index is 12.2. The molecule has 6 nitrogen and oxygen atoms in total. The Morgan fingerprint density at radius 3 is 2.21 bits per heavy atom. The van der Waals surface area contributed by atoms with Gasteiger partial charge in [-0.05, 0) is 29.7 Å². The van der Waals surface area contributed by atoms with Gasteiger partial charge in [0, 0.05) is 25.7 Å². The molecule has 0 aliphatic carbocycles. The molecular formula is C18H20N2O4. The van der Waals surface area contributed by atoms with Gasteiger partial charge in [-0.15, -0.1) is 0 Å². The van der Waals surface area contributed by atoms with Crippen LogP contribution in [0.4, 0.5) is 5.69 Å². The predicted molar refractivity (Wildman–Crippen MR) is 91.1 cm³/mol. The highest BCUT2D eigenvalue weighted by molar-refractivity contribution is 5.78. The fourth-order valence-corrected chi connectivity index (χ4v) is 2.26. The molecule has 126 valence electrons. The van der Waals surface area contributed by atoms with Crippen LogP contribution in [0.25, 0.3) is 0 Å². The normalized spacial score (nSPS) is 10.2. The van der Waals surface area contributed by atoms with E-state index in [0.29, 0.717) is 6.54 Å². The Kier molecular flexibility index (Phi) is 5.89. The SMILES string of the molecule is COc1ccc(CCN(C)C(=O)Cc2ccc([N+](=O)[O-])cc2)cc1. The standard InChI is InChI=1S/C18H20N2O4/c1-19(12-11-14-5-9-17(24-2)10-6-14)18(21)13-15-3-7-16(8-4-15)20(22)23/h3-10H,11-13H2,1-2H3. The minimum atomic E-state index is -0.452. The Bertz CT molecular complexity index is 696. The van der Waals surface area contributed by atoms with Crippen LogP contribution in [0, 0.1) is 10.1 Å². The van der Waals surface area contributed by atoms with E-state index in [2.05, 4.69) is 0 Å². The number of rotatable bonds is 7. The molecule has 0 saturated heterocycles. The minimum Gasteiger partial charge on any atom is -0.497 e. The lowest BCUT2D eigenvalue weighted by molar-refractivity contribution is -0.384. The van der Waals surface area contributed by atoms with Gasteiger partial charge in [0.1, 0.15) is 5.75 Å². The van der Waals surface area contributed by atoms with Gasteiger partial charge < -0.3 is 9.64 Å². The second-order valence-corrected chi connectivity index (χ2v) is 5.51. The van der Waals surface area contributed by atoms with Crippen molar-refractivity contribution in [1.29, 1.82) is 0 Å². The number of benzene rings is 2. The molecule has 0 aliphatic heterocycles. The predicted octanol–water partition coefficient (Wildman–Crippen LogP) is 2.85. The number of amides is 1. The summed E-state index contributed by atoms with van der Waals surface area (Å²) >= 11 is 0. The van der Waals surface area contributed by atoms with Crippen LogP contribution in [0.3, 0.4) is 0 Å². The lowest BCUT2D eigenvalue weighted by atomic mass is 10.1. The highest BCUT2D eigenvalue weighted by Gasteiger charge is 2.11. The van der Waals surface area contributed by atoms with Crippen LogP contribution in [-0.4, -0.2) is 36.4 Å². The Balaban J connectivity index is 1.85. The first-order chi connectivity index (χ1) is 11.5. The molecule has 0 atom stereocenters. The summed E-state index contributed by atoms with van der Waals surface area (Å²) in [4.78, 5) is 24.1. The van der Waals surface area contributed by atoms with Crippen LogP contribution in [0.5, 0.6) is 5.75 Å². The van der Waals surface area contributed by atoms with E-state index in [0.717, 1.165) is 23.3 Å². The average molecular weight is 328 g/mol. The van der Waals surface area contributed by atoms with Gasteiger partial charge in [-0.2, -0.15) is 0 Å². The van der Waals surface area contributed by atoms with Gasteiger partial charge >= 0.3 is 0 Å². The van der Waals surface area contributed by atoms with Gasteiger partial charge in [-0.25, -0.2) is 0 Å². The molecule has 0 N–H and O–H groups in total. The van der Waals surface area contributed by atoms with Crippen LogP contribution in [-0.2, 0) is 17.6 Å². The zero-order valence-electron chi connectivity index (χ0n) is 13.8. The highest BCUT2D eigenvalue weighted by atomic mass is 16.6. The van der Waals surface area contributed by atoms with Gasteiger partial charge in [-0.3, -0.25) is 14.9 Å². The number of methoxy groups -OCH3 is 1. The first-order valence-corrected chi connectivity index (χ1v) is 7.60. The topological polar surface area (TPSA) is 72.7 Å². The number of hydrogen-bond acceptors (Lipinski definition) is 4. The number of nitrogens with zero attached hydrogens (tertiary/aromatic N) is 2. The monoisotopic (exact) mass is 328 g/mol. The summed E-state index contributed by atoms with van der Waals surface area (Å²) in [7, 11) is 3.39. The van der Waals surface area contributed by atoms with E-state index < -0.39 is 4.92 Å². The molecule has 0 saturated carbocycles. The van der Waals surface area contributed by atoms with E-state index in [1.165, 1.54) is 12.1 Å². The molecule has 1 amide bonds. The Morgan fingerprint density at radius 1 is 1.08 bits per heavy atom. The molecule has 0 fully saturated rings. The van der Waals surface area contributed by atoms with Crippen molar-refractivity contribution in [2.75, 3.05) is 20.7 Å². The maximum absolute atomic E-state index is 12.2. The van der Waals surface area contributed by atoms with Crippen molar-refractivity contribution in [2.24, 2.45) is 0 Å². The van der Waals surface area contributed by atoms with Crippen LogP contribution < -0.4 is 4.74 Å². The van der Waals surface area contributed by atoms with Gasteiger partial charge in [-0.1, -0.05) is 24.3 Å². The van der Waals surface area contributed by atoms with E-state index in [9.17, 15) is 14.9 Å². The van der Waals surface area contributed by atoms with Crippen molar-refractivity contribution < 1.29 is 14.5 Å². The largest absolute Gasteiger partial charge is 0.497 e. The van der Waals surface area contributed by atoms with Crippen molar-refractivity contribution >= 4 is 11.6 Å². The van der Waals surface area contributed by atoms with Crippen LogP contribution in [0.15, 0.2) is 48.5 Å². The van der Waals surface area contributed by atoms with Gasteiger partial charge in [0.2, 0.25) is 5.91 Å². The van der Waals surface area contributed by atoms with Crippen LogP contribution >= 0.6 is 0 Å². The smallest absolute Gasteiger partial charge is 0.269 e. The van der Waals surface area contributed by atoms with Crippen molar-refractivity contribution in [3.8, 4) is 5.75 Å². The Hall–Kier alpha value is -2.89. The third-order valence-corrected chi connectivity index (χ3v) is 3.82. The number of ether oxygens (including phenoxy) is 1. The second kappa shape index (κ2) is 8.10. The quantitative estimate of drug-likeness (QED) is 0.579. The van der Waals surface area contributed by atoms with Crippen molar-refractivity contribution in [3.63, 3.8) is 0 Å². The van der Waals surface area contributed by atoms with E-state index >= 15 is 0 Å². The summed E-state index contributed by atoms with van der Waals surface area (Å²) in [5.74, 6) is 0.790. The molecule has 0 aromatic heterocycles. The summed E-state index contributed by atoms with van der Waals surface area (Å²) < 4.78 is 5.12. The number of likely N-dealkylation sites (N-methyl/N-ethyl adjacent to an activating group) is 1. The summed E-state index contributed by atoms with van der Waals surface area (Å²) in [5, 5.41) is 10.6. The molecule has 6 heteroatoms. The third-order valence-electron chi connectivity index (χ3n) is 3.82. The number of carbonyl (C=O) groups is 1. The fourth-order valence-electron chi connectivity index (χ4n) is 2.26. The number of hydrogen-bond donors (Lipinski definition) is 0. The molecule has 2 aromatic rings. The number of nitro groups is 1. The molecule has 2 rings (SSSR count). The van der Waals surface area contributed by atoms with E-state index in [1.54, 1.807) is 31.2 Å². The summed E-state index contributed by atoms with van der Waals surface area (Å²) in [5.41, 5.74) is 1.92. The highest BCUT2D eigenvalue weighted by Crippen LogP contribution is 2.14. The number of nitro benzene ring substituents is 1. The van der Waals surface area contributed by atoms with Crippen molar-refractivity contribution in [1.82, 2.24) is 4.90 Å². The Morgan fingerprint density at radius 2 is 1.67 bits per heavy atom. The number of carbonyl (C=O) groups excluding carboxylic acids is 1. The van der Waals surface area contributed by atoms with Crippen LogP contribution in [0.2, 0.25) is 0 Å². The van der Waals surface area contributed by atoms with E-state index in [-0.39, 0.29) is 18.0 Å². The number of non-ortho nitro benzene ring substituents is 1. The molecule has 0 spiro atoms. The zero-order chi connectivity index (χ0) is 17.5. The molecule has 2 aromatic carbocycles. The van der Waals surface area contributed by atoms with Crippen molar-refractivity contribution in [2.45, 2.75) is 12.8 Å². The summed E-state index contributed by atoms with van der Waals surface area (Å²) in [6.45, 7) is 0.609. The zero-order valence-corrected chi connectivity index (χ0v) is 13.8. The van der Waals surface area contributed by atoms with E-state index in [1.807, 2.05) is 24.3 Å². The first kappa shape index (κ1) is 17.5. The van der Waals surface area contributed by atoms with Gasteiger partial charge in [0.25, 0.3) is 5.69 Å². The van der Waals surface area contributed by atoms with Gasteiger partial charge in [0.05, 0.1) is 18.5 Å². The van der Waals surface area contributed by atoms with E-state index in [4.69, 9.17) is 4.74 Å². The lowest BCUT2D eigenvalue weighted by Gasteiger charge is -2.17. The van der Waals surface area contributed by atoms with Gasteiger partial charge in [0.15, 0.2) is 0 Å². The average Bonchev–Trinajstić information content (AvgIpc) is 2.60. The minimum absolute atomic E-state index is 0.0163. The molecule has 0 aliphatic rings. The lowest BCUT2D eigenvalue weighted by Crippen LogP contribution is -2.30. The van der Waals surface area contributed by atoms with Crippen LogP contribution in [0.1, 0.15) is 11.1 Å². The Labute approximate surface area is 140 Å². The van der Waals surface area contributed by atoms with Crippen molar-refractivity contribution in [3.05, 3.63) is 69.8 Å². The molecule has 24 heavy (non-hydrogen) atoms. The summed E-state index contributed by atoms with van der Waals surface area (Å²) in [6.07, 6.45) is 0.990. The molecular weight excluding hydrogens is 308 g/mol. The molecule has 0 bridgehead atoms. The second-order valence-electron chi connectivity index (χ2n) is 5.51. The molecule has 0 heterocycles. The first-order valence-electron chi connectivity index (χ1n) is 7.60. The molecule has 0 radical (unpaired) electrons. The third kappa shape index (κ3) is 4.81. The maximum Gasteiger partial charge on any atom is 0.269 e.